The van der Waals surface area contributed by atoms with Gasteiger partial charge in [-0.2, -0.15) is 0 Å². The summed E-state index contributed by atoms with van der Waals surface area (Å²) in [5.74, 6) is -0.480. The number of nitrogens with one attached hydrogen (secondary N) is 2. The van der Waals surface area contributed by atoms with Gasteiger partial charge in [0.15, 0.2) is 6.29 Å². The molecule has 9 nitrogen and oxygen atoms in total. The summed E-state index contributed by atoms with van der Waals surface area (Å²) >= 11 is 0. The van der Waals surface area contributed by atoms with Crippen LogP contribution in [0.1, 0.15) is 48.0 Å². The summed E-state index contributed by atoms with van der Waals surface area (Å²) in [4.78, 5) is 25.4. The zero-order chi connectivity index (χ0) is 26.6. The molecule has 0 aliphatic carbocycles. The molecule has 1 heterocycles. The highest BCUT2D eigenvalue weighted by Crippen LogP contribution is 2.38. The Hall–Kier alpha value is -3.24. The molecule has 0 saturated carbocycles. The third-order valence-corrected chi connectivity index (χ3v) is 5.97. The van der Waals surface area contributed by atoms with Crippen LogP contribution in [0, 0.1) is 0 Å². The first-order valence-electron chi connectivity index (χ1n) is 12.5. The third-order valence-electron chi connectivity index (χ3n) is 5.97. The highest BCUT2D eigenvalue weighted by Gasteiger charge is 2.32. The second-order valence-corrected chi connectivity index (χ2v) is 8.94. The molecule has 0 radical (unpaired) electrons. The smallest absolute Gasteiger partial charge is 0.325 e. The summed E-state index contributed by atoms with van der Waals surface area (Å²) in [6.07, 6.45) is 1.83. The fourth-order valence-corrected chi connectivity index (χ4v) is 4.08. The number of hydrogen-bond acceptors (Lipinski definition) is 7. The molecule has 2 aromatic carbocycles. The number of urea groups is 1. The Morgan fingerprint density at radius 2 is 1.76 bits per heavy atom. The van der Waals surface area contributed by atoms with Gasteiger partial charge in [0.05, 0.1) is 25.4 Å². The van der Waals surface area contributed by atoms with Crippen LogP contribution in [0.25, 0.3) is 0 Å². The van der Waals surface area contributed by atoms with Crippen LogP contribution < -0.4 is 10.6 Å². The van der Waals surface area contributed by atoms with E-state index in [1.807, 2.05) is 61.7 Å². The monoisotopic (exact) mass is 511 g/mol. The number of likely N-dealkylation sites (N-methyl/N-ethyl adjacent to an activating group) is 1. The van der Waals surface area contributed by atoms with Gasteiger partial charge in [-0.05, 0) is 30.7 Å². The summed E-state index contributed by atoms with van der Waals surface area (Å²) in [5.41, 5.74) is 3.66. The van der Waals surface area contributed by atoms with Gasteiger partial charge in [-0.3, -0.25) is 4.79 Å². The molecule has 9 heteroatoms. The van der Waals surface area contributed by atoms with Crippen molar-refractivity contribution in [2.75, 3.05) is 33.3 Å². The Bertz CT molecular complexity index is 1010. The van der Waals surface area contributed by atoms with Crippen molar-refractivity contribution >= 4 is 12.0 Å². The van der Waals surface area contributed by atoms with Gasteiger partial charge in [-0.25, -0.2) is 4.79 Å². The molecular weight excluding hydrogens is 474 g/mol. The van der Waals surface area contributed by atoms with E-state index in [9.17, 15) is 14.7 Å². The average molecular weight is 512 g/mol. The lowest BCUT2D eigenvalue weighted by atomic mass is 9.99. The van der Waals surface area contributed by atoms with Crippen LogP contribution in [0.5, 0.6) is 0 Å². The van der Waals surface area contributed by atoms with E-state index in [1.165, 1.54) is 0 Å². The minimum atomic E-state index is -0.548. The van der Waals surface area contributed by atoms with Gasteiger partial charge < -0.3 is 34.9 Å². The van der Waals surface area contributed by atoms with E-state index >= 15 is 0 Å². The molecule has 0 aromatic heterocycles. The maximum atomic E-state index is 11.9. The first-order valence-corrected chi connectivity index (χ1v) is 12.5. The van der Waals surface area contributed by atoms with E-state index in [1.54, 1.807) is 6.92 Å². The van der Waals surface area contributed by atoms with Crippen molar-refractivity contribution in [3.05, 3.63) is 83.4 Å². The van der Waals surface area contributed by atoms with E-state index in [-0.39, 0.29) is 32.0 Å². The van der Waals surface area contributed by atoms with Gasteiger partial charge in [0.1, 0.15) is 6.54 Å². The lowest BCUT2D eigenvalue weighted by Crippen LogP contribution is -2.38. The number of aliphatic hydroxyl groups excluding tert-OH is 1. The summed E-state index contributed by atoms with van der Waals surface area (Å²) in [6, 6.07) is 15.0. The van der Waals surface area contributed by atoms with Crippen LogP contribution in [0.15, 0.2) is 61.2 Å². The summed E-state index contributed by atoms with van der Waals surface area (Å²) in [7, 11) is 2.03. The van der Waals surface area contributed by atoms with Crippen LogP contribution >= 0.6 is 0 Å². The van der Waals surface area contributed by atoms with Crippen LogP contribution in [-0.4, -0.2) is 61.4 Å². The number of aliphatic hydroxyl groups is 1. The zero-order valence-corrected chi connectivity index (χ0v) is 21.5. The van der Waals surface area contributed by atoms with Crippen LogP contribution in [0.4, 0.5) is 4.79 Å². The summed E-state index contributed by atoms with van der Waals surface area (Å²) in [6.45, 7) is 7.42. The maximum Gasteiger partial charge on any atom is 0.325 e. The summed E-state index contributed by atoms with van der Waals surface area (Å²) in [5, 5.41) is 14.6. The minimum Gasteiger partial charge on any atom is -0.465 e. The van der Waals surface area contributed by atoms with E-state index < -0.39 is 18.3 Å². The standard InChI is InChI=1S/C28H37N3O6/c1-4-14-31(3)18-24-15-25(22-10-8-21(19-32)9-11-22)37-27(36-24)23-12-6-20(7-13-23)16-29-28(34)30-17-26(33)35-5-2/h4,6-13,24-25,27,32H,1,5,14-19H2,2-3H3,(H2,29,30,34)/t24-,25+,27+/m0/s1. The molecule has 0 bridgehead atoms. The number of nitrogens with zero attached hydrogens (tertiary/aromatic N) is 1. The number of ether oxygens (including phenoxy) is 3. The van der Waals surface area contributed by atoms with E-state index in [2.05, 4.69) is 22.1 Å². The Morgan fingerprint density at radius 3 is 2.41 bits per heavy atom. The number of amides is 2. The molecule has 3 atom stereocenters. The molecule has 3 rings (SSSR count). The fraction of sp³-hybridized carbons (Fsp3) is 0.429. The Morgan fingerprint density at radius 1 is 1.08 bits per heavy atom. The van der Waals surface area contributed by atoms with E-state index in [0.717, 1.165) is 35.3 Å². The van der Waals surface area contributed by atoms with Gasteiger partial charge in [0.2, 0.25) is 0 Å². The van der Waals surface area contributed by atoms with Crippen molar-refractivity contribution in [2.24, 2.45) is 0 Å². The number of carbonyl (C=O) groups is 2. The Kier molecular flexibility index (Phi) is 11.1. The SMILES string of the molecule is C=CCN(C)C[C@@H]1C[C@H](c2ccc(CO)cc2)O[C@H](c2ccc(CNC(=O)NCC(=O)OCC)cc2)O1. The second-order valence-electron chi connectivity index (χ2n) is 8.94. The second kappa shape index (κ2) is 14.5. The van der Waals surface area contributed by atoms with Crippen molar-refractivity contribution in [3.63, 3.8) is 0 Å². The van der Waals surface area contributed by atoms with Crippen molar-refractivity contribution in [1.29, 1.82) is 0 Å². The number of esters is 1. The fourth-order valence-electron chi connectivity index (χ4n) is 4.08. The van der Waals surface area contributed by atoms with Crippen LogP contribution in [0.2, 0.25) is 0 Å². The lowest BCUT2D eigenvalue weighted by molar-refractivity contribution is -0.252. The first-order chi connectivity index (χ1) is 17.9. The molecule has 2 aromatic rings. The van der Waals surface area contributed by atoms with Gasteiger partial charge in [0, 0.05) is 31.6 Å². The molecule has 0 unspecified atom stereocenters. The van der Waals surface area contributed by atoms with Gasteiger partial charge >= 0.3 is 12.0 Å². The highest BCUT2D eigenvalue weighted by molar-refractivity contribution is 5.80. The molecule has 1 aliphatic heterocycles. The number of hydrogen-bond donors (Lipinski definition) is 3. The normalized spacial score (nSPS) is 19.3. The van der Waals surface area contributed by atoms with Crippen molar-refractivity contribution < 1.29 is 28.9 Å². The van der Waals surface area contributed by atoms with Crippen molar-refractivity contribution in [2.45, 2.75) is 45.0 Å². The van der Waals surface area contributed by atoms with Crippen molar-refractivity contribution in [3.8, 4) is 0 Å². The molecule has 1 saturated heterocycles. The van der Waals surface area contributed by atoms with Crippen LogP contribution in [0.3, 0.4) is 0 Å². The molecular formula is C28H37N3O6. The van der Waals surface area contributed by atoms with Gasteiger partial charge in [-0.15, -0.1) is 6.58 Å². The van der Waals surface area contributed by atoms with Gasteiger partial charge in [-0.1, -0.05) is 54.6 Å². The highest BCUT2D eigenvalue weighted by atomic mass is 16.7. The predicted molar refractivity (Wildman–Crippen MR) is 139 cm³/mol. The van der Waals surface area contributed by atoms with Gasteiger partial charge in [0.25, 0.3) is 0 Å². The topological polar surface area (TPSA) is 109 Å². The molecule has 200 valence electrons. The summed E-state index contributed by atoms with van der Waals surface area (Å²) < 4.78 is 17.5. The molecule has 1 fully saturated rings. The number of carbonyl (C=O) groups excluding carboxylic acids is 2. The lowest BCUT2D eigenvalue weighted by Gasteiger charge is -2.37. The average Bonchev–Trinajstić information content (AvgIpc) is 2.91. The first kappa shape index (κ1) is 28.3. The molecule has 1 aliphatic rings. The Balaban J connectivity index is 1.63. The number of benzene rings is 2. The maximum absolute atomic E-state index is 11.9. The predicted octanol–water partition coefficient (Wildman–Crippen LogP) is 3.20. The zero-order valence-electron chi connectivity index (χ0n) is 21.5. The Labute approximate surface area is 218 Å². The minimum absolute atomic E-state index is 0.000769. The van der Waals surface area contributed by atoms with Crippen molar-refractivity contribution in [1.82, 2.24) is 15.5 Å². The van der Waals surface area contributed by atoms with Crippen LogP contribution in [-0.2, 0) is 32.2 Å². The quantitative estimate of drug-likeness (QED) is 0.297. The molecule has 0 spiro atoms. The van der Waals surface area contributed by atoms with E-state index in [0.29, 0.717) is 13.0 Å². The third kappa shape index (κ3) is 8.98. The largest absolute Gasteiger partial charge is 0.465 e. The molecule has 3 N–H and O–H groups in total. The molecule has 2 amide bonds. The molecule has 37 heavy (non-hydrogen) atoms. The number of rotatable bonds is 12. The van der Waals surface area contributed by atoms with E-state index in [4.69, 9.17) is 14.2 Å².